The maximum atomic E-state index is 9.54. The summed E-state index contributed by atoms with van der Waals surface area (Å²) >= 11 is 0. The second-order valence-corrected chi connectivity index (χ2v) is 2.77. The maximum absolute atomic E-state index is 9.54. The van der Waals surface area contributed by atoms with Gasteiger partial charge in [0.1, 0.15) is 0 Å². The highest BCUT2D eigenvalue weighted by atomic mass is 35.5. The fraction of sp³-hybridized carbons (Fsp3) is 0. The molecule has 0 aliphatic carbocycles. The summed E-state index contributed by atoms with van der Waals surface area (Å²) < 4.78 is 1.87. The van der Waals surface area contributed by atoms with Crippen LogP contribution in [0.25, 0.3) is 5.69 Å². The van der Waals surface area contributed by atoms with E-state index < -0.39 is 0 Å². The van der Waals surface area contributed by atoms with Gasteiger partial charge in [-0.1, -0.05) is 18.2 Å². The molecule has 0 saturated carbocycles. The van der Waals surface area contributed by atoms with Gasteiger partial charge in [0.25, 0.3) is 5.69 Å². The lowest BCUT2D eigenvalue weighted by Crippen LogP contribution is -3.00. The quantitative estimate of drug-likeness (QED) is 0.576. The standard InChI is InChI=1S/C11H9NO.ClH/c13-11-7-3-2-6-10(11)12-8-4-1-5-9-12;/h1-9H;1H. The van der Waals surface area contributed by atoms with Crippen LogP contribution in [0, 0.1) is 0 Å². The van der Waals surface area contributed by atoms with E-state index >= 15 is 0 Å². The zero-order chi connectivity index (χ0) is 9.10. The molecule has 0 unspecified atom stereocenters. The van der Waals surface area contributed by atoms with E-state index in [1.165, 1.54) is 0 Å². The van der Waals surface area contributed by atoms with Crippen molar-refractivity contribution in [3.63, 3.8) is 0 Å². The van der Waals surface area contributed by atoms with E-state index in [0.29, 0.717) is 5.75 Å². The summed E-state index contributed by atoms with van der Waals surface area (Å²) in [5.74, 6) is 0.290. The number of hydrogen-bond donors (Lipinski definition) is 1. The number of rotatable bonds is 1. The van der Waals surface area contributed by atoms with Crippen molar-refractivity contribution in [1.82, 2.24) is 0 Å². The van der Waals surface area contributed by atoms with Crippen molar-refractivity contribution < 1.29 is 22.1 Å². The summed E-state index contributed by atoms with van der Waals surface area (Å²) in [5.41, 5.74) is 0.795. The number of nitrogens with zero attached hydrogens (tertiary/aromatic N) is 1. The Hall–Kier alpha value is -1.54. The van der Waals surface area contributed by atoms with E-state index in [1.807, 2.05) is 53.4 Å². The minimum atomic E-state index is 0. The first-order valence-corrected chi connectivity index (χ1v) is 4.12. The predicted molar refractivity (Wildman–Crippen MR) is 49.6 cm³/mol. The third kappa shape index (κ3) is 2.03. The Kier molecular flexibility index (Phi) is 3.48. The first-order chi connectivity index (χ1) is 6.38. The van der Waals surface area contributed by atoms with Gasteiger partial charge in [-0.2, -0.15) is 4.57 Å². The van der Waals surface area contributed by atoms with E-state index in [0.717, 1.165) is 5.69 Å². The van der Waals surface area contributed by atoms with Crippen molar-refractivity contribution >= 4 is 0 Å². The lowest BCUT2D eigenvalue weighted by Gasteiger charge is -1.96. The number of pyridine rings is 1. The molecule has 0 bridgehead atoms. The molecule has 0 spiro atoms. The fourth-order valence-electron chi connectivity index (χ4n) is 1.24. The second kappa shape index (κ2) is 4.63. The third-order valence-corrected chi connectivity index (χ3v) is 1.88. The third-order valence-electron chi connectivity index (χ3n) is 1.88. The largest absolute Gasteiger partial charge is 1.00 e. The topological polar surface area (TPSA) is 24.1 Å². The van der Waals surface area contributed by atoms with Gasteiger partial charge in [-0.05, 0) is 6.07 Å². The van der Waals surface area contributed by atoms with Gasteiger partial charge in [0.2, 0.25) is 0 Å². The monoisotopic (exact) mass is 207 g/mol. The molecular weight excluding hydrogens is 198 g/mol. The Morgan fingerprint density at radius 3 is 2.14 bits per heavy atom. The SMILES string of the molecule is Oc1ccccc1-[n+]1ccccc1.[Cl-]. The molecular formula is C11H10ClNO. The Bertz CT molecular complexity index is 403. The van der Waals surface area contributed by atoms with Crippen LogP contribution in [0.5, 0.6) is 5.75 Å². The molecule has 0 saturated heterocycles. The summed E-state index contributed by atoms with van der Waals surface area (Å²) in [6.45, 7) is 0. The molecule has 0 aliphatic heterocycles. The van der Waals surface area contributed by atoms with E-state index in [4.69, 9.17) is 0 Å². The zero-order valence-electron chi connectivity index (χ0n) is 7.47. The van der Waals surface area contributed by atoms with Crippen LogP contribution in [-0.4, -0.2) is 5.11 Å². The van der Waals surface area contributed by atoms with Gasteiger partial charge in [0, 0.05) is 18.2 Å². The Morgan fingerprint density at radius 1 is 0.857 bits per heavy atom. The van der Waals surface area contributed by atoms with Gasteiger partial charge >= 0.3 is 0 Å². The number of hydrogen-bond acceptors (Lipinski definition) is 1. The van der Waals surface area contributed by atoms with Crippen molar-refractivity contribution in [3.8, 4) is 11.4 Å². The van der Waals surface area contributed by atoms with Crippen molar-refractivity contribution in [2.75, 3.05) is 0 Å². The van der Waals surface area contributed by atoms with Crippen LogP contribution in [0.1, 0.15) is 0 Å². The molecule has 72 valence electrons. The number of aromatic hydroxyl groups is 1. The highest BCUT2D eigenvalue weighted by Gasteiger charge is 2.08. The molecule has 1 N–H and O–H groups in total. The second-order valence-electron chi connectivity index (χ2n) is 2.77. The molecule has 1 aromatic heterocycles. The number of para-hydroxylation sites is 2. The highest BCUT2D eigenvalue weighted by molar-refractivity contribution is 5.38. The van der Waals surface area contributed by atoms with Crippen molar-refractivity contribution in [1.29, 1.82) is 0 Å². The van der Waals surface area contributed by atoms with E-state index in [-0.39, 0.29) is 12.4 Å². The molecule has 2 aromatic rings. The van der Waals surface area contributed by atoms with Crippen LogP contribution in [-0.2, 0) is 0 Å². The van der Waals surface area contributed by atoms with Crippen molar-refractivity contribution in [3.05, 3.63) is 54.9 Å². The van der Waals surface area contributed by atoms with Gasteiger partial charge in [-0.25, -0.2) is 0 Å². The van der Waals surface area contributed by atoms with Gasteiger partial charge in [0.15, 0.2) is 18.1 Å². The molecule has 0 radical (unpaired) electrons. The molecule has 0 fully saturated rings. The normalized spacial score (nSPS) is 9.14. The van der Waals surface area contributed by atoms with Crippen LogP contribution >= 0.6 is 0 Å². The van der Waals surface area contributed by atoms with E-state index in [9.17, 15) is 5.11 Å². The average molecular weight is 208 g/mol. The first kappa shape index (κ1) is 10.5. The molecule has 1 aromatic carbocycles. The fourth-order valence-corrected chi connectivity index (χ4v) is 1.24. The summed E-state index contributed by atoms with van der Waals surface area (Å²) in [6.07, 6.45) is 3.80. The maximum Gasteiger partial charge on any atom is 0.252 e. The summed E-state index contributed by atoms with van der Waals surface area (Å²) in [6, 6.07) is 13.0. The summed E-state index contributed by atoms with van der Waals surface area (Å²) in [4.78, 5) is 0. The molecule has 0 atom stereocenters. The zero-order valence-corrected chi connectivity index (χ0v) is 8.22. The summed E-state index contributed by atoms with van der Waals surface area (Å²) in [5, 5.41) is 9.54. The number of phenols is 1. The molecule has 0 aliphatic rings. The van der Waals surface area contributed by atoms with Crippen molar-refractivity contribution in [2.45, 2.75) is 0 Å². The molecule has 2 rings (SSSR count). The van der Waals surface area contributed by atoms with Crippen LogP contribution in [0.2, 0.25) is 0 Å². The number of phenolic OH excluding ortho intramolecular Hbond substituents is 1. The molecule has 0 amide bonds. The highest BCUT2D eigenvalue weighted by Crippen LogP contribution is 2.14. The number of aromatic nitrogens is 1. The van der Waals surface area contributed by atoms with Gasteiger partial charge in [-0.3, -0.25) is 0 Å². The van der Waals surface area contributed by atoms with Gasteiger partial charge in [0.05, 0.1) is 0 Å². The lowest BCUT2D eigenvalue weighted by molar-refractivity contribution is -0.596. The van der Waals surface area contributed by atoms with E-state index in [2.05, 4.69) is 0 Å². The Balaban J connectivity index is 0.000000980. The molecule has 2 nitrogen and oxygen atoms in total. The Labute approximate surface area is 88.9 Å². The molecule has 14 heavy (non-hydrogen) atoms. The van der Waals surface area contributed by atoms with Gasteiger partial charge < -0.3 is 17.5 Å². The van der Waals surface area contributed by atoms with E-state index in [1.54, 1.807) is 6.07 Å². The first-order valence-electron chi connectivity index (χ1n) is 4.12. The lowest BCUT2D eigenvalue weighted by atomic mass is 10.3. The van der Waals surface area contributed by atoms with Crippen LogP contribution in [0.4, 0.5) is 0 Å². The number of benzene rings is 1. The molecule has 3 heteroatoms. The summed E-state index contributed by atoms with van der Waals surface area (Å²) in [7, 11) is 0. The van der Waals surface area contributed by atoms with Crippen LogP contribution in [0.3, 0.4) is 0 Å². The van der Waals surface area contributed by atoms with Crippen LogP contribution in [0.15, 0.2) is 54.9 Å². The van der Waals surface area contributed by atoms with Crippen molar-refractivity contribution in [2.24, 2.45) is 0 Å². The average Bonchev–Trinajstić information content (AvgIpc) is 2.20. The number of halogens is 1. The predicted octanol–water partition coefficient (Wildman–Crippen LogP) is -1.33. The van der Waals surface area contributed by atoms with Gasteiger partial charge in [-0.15, -0.1) is 0 Å². The molecule has 1 heterocycles. The minimum absolute atomic E-state index is 0. The Morgan fingerprint density at radius 2 is 1.50 bits per heavy atom. The minimum Gasteiger partial charge on any atom is -1.00 e. The smallest absolute Gasteiger partial charge is 0.252 e. The van der Waals surface area contributed by atoms with Crippen LogP contribution < -0.4 is 17.0 Å².